The molecule has 0 bridgehead atoms. The van der Waals surface area contributed by atoms with Gasteiger partial charge >= 0.3 is 29.6 Å². The summed E-state index contributed by atoms with van der Waals surface area (Å²) in [5, 5.41) is 0. The first-order valence-electron chi connectivity index (χ1n) is 3.07. The number of carbonyl (C=O) groups is 1. The van der Waals surface area contributed by atoms with Gasteiger partial charge in [-0.15, -0.1) is 0 Å². The number of hydrogen-bond donors (Lipinski definition) is 1. The Morgan fingerprint density at radius 2 is 1.71 bits per heavy atom. The van der Waals surface area contributed by atoms with Crippen molar-refractivity contribution in [3.05, 3.63) is 29.8 Å². The molecule has 0 heterocycles. The van der Waals surface area contributed by atoms with E-state index in [1.54, 1.807) is 0 Å². The van der Waals surface area contributed by atoms with Crippen LogP contribution in [0.4, 0.5) is 0 Å². The Hall–Kier alpha value is -0.240. The fraction of sp³-hybridized carbons (Fsp3) is 0. The molecular weight excluding hydrogens is 219 g/mol. The first kappa shape index (κ1) is 16.2. The van der Waals surface area contributed by atoms with Gasteiger partial charge in [0.2, 0.25) is 0 Å². The molecule has 0 aliphatic carbocycles. The van der Waals surface area contributed by atoms with Crippen molar-refractivity contribution in [3.63, 3.8) is 0 Å². The number of rotatable bonds is 2. The van der Waals surface area contributed by atoms with Crippen LogP contribution in [0.25, 0.3) is 0 Å². The second-order valence-electron chi connectivity index (χ2n) is 2.13. The number of aldehydes is 1. The molecule has 7 heteroatoms. The second kappa shape index (κ2) is 6.28. The molecule has 0 amide bonds. The molecule has 0 fully saturated rings. The molecule has 1 aromatic carbocycles. The fourth-order valence-electron chi connectivity index (χ4n) is 0.813. The number of carbonyl (C=O) groups excluding carboxylic acids is 1. The summed E-state index contributed by atoms with van der Waals surface area (Å²) in [5.74, 6) is 0. The molecule has 0 saturated heterocycles. The SMILES string of the molecule is O.O=Cc1ccccc1S(=O)(=O)O.[NaH]. The van der Waals surface area contributed by atoms with Gasteiger partial charge in [0, 0.05) is 5.56 Å². The van der Waals surface area contributed by atoms with E-state index >= 15 is 0 Å². The van der Waals surface area contributed by atoms with Crippen LogP contribution in [0.3, 0.4) is 0 Å². The standard InChI is InChI=1S/C7H6O4S.Na.H2O.H/c8-5-6-3-1-2-4-7(6)12(9,10)11;;;/h1-5H,(H,9,10,11);;1H2;. The summed E-state index contributed by atoms with van der Waals surface area (Å²) in [5.41, 5.74) is -0.0417. The molecular formula is C7H9NaO5S. The van der Waals surface area contributed by atoms with Crippen LogP contribution in [0.1, 0.15) is 10.4 Å². The van der Waals surface area contributed by atoms with Crippen LogP contribution in [-0.2, 0) is 10.1 Å². The molecule has 0 radical (unpaired) electrons. The molecule has 0 aliphatic rings. The Morgan fingerprint density at radius 1 is 1.21 bits per heavy atom. The third-order valence-corrected chi connectivity index (χ3v) is 2.25. The summed E-state index contributed by atoms with van der Waals surface area (Å²) in [4.78, 5) is 9.94. The van der Waals surface area contributed by atoms with Gasteiger partial charge in [0.15, 0.2) is 6.29 Å². The first-order chi connectivity index (χ1) is 5.55. The monoisotopic (exact) mass is 228 g/mol. The van der Waals surface area contributed by atoms with Gasteiger partial charge in [-0.25, -0.2) is 0 Å². The van der Waals surface area contributed by atoms with Crippen molar-refractivity contribution in [1.82, 2.24) is 0 Å². The predicted molar refractivity (Wildman–Crippen MR) is 52.4 cm³/mol. The molecule has 1 aromatic rings. The van der Waals surface area contributed by atoms with Gasteiger partial charge in [0.1, 0.15) is 4.90 Å². The van der Waals surface area contributed by atoms with Crippen LogP contribution >= 0.6 is 0 Å². The van der Waals surface area contributed by atoms with Gasteiger partial charge in [-0.1, -0.05) is 18.2 Å². The zero-order valence-corrected chi connectivity index (χ0v) is 7.28. The van der Waals surface area contributed by atoms with E-state index in [2.05, 4.69) is 0 Å². The number of benzene rings is 1. The van der Waals surface area contributed by atoms with Crippen molar-refractivity contribution < 1.29 is 23.2 Å². The summed E-state index contributed by atoms with van der Waals surface area (Å²) in [7, 11) is -4.28. The van der Waals surface area contributed by atoms with E-state index in [0.717, 1.165) is 0 Å². The fourth-order valence-corrected chi connectivity index (χ4v) is 1.48. The average molecular weight is 228 g/mol. The van der Waals surface area contributed by atoms with Crippen molar-refractivity contribution in [1.29, 1.82) is 0 Å². The quantitative estimate of drug-likeness (QED) is 0.409. The molecule has 0 spiro atoms. The average Bonchev–Trinajstić information content (AvgIpc) is 2.03. The topological polar surface area (TPSA) is 103 Å². The van der Waals surface area contributed by atoms with Gasteiger partial charge < -0.3 is 5.48 Å². The minimum absolute atomic E-state index is 0. The van der Waals surface area contributed by atoms with Crippen LogP contribution in [0.2, 0.25) is 0 Å². The molecule has 0 aliphatic heterocycles. The second-order valence-corrected chi connectivity index (χ2v) is 3.52. The van der Waals surface area contributed by atoms with Crippen molar-refractivity contribution in [2.45, 2.75) is 4.90 Å². The van der Waals surface area contributed by atoms with Gasteiger partial charge in [0.05, 0.1) is 0 Å². The third kappa shape index (κ3) is 3.87. The first-order valence-corrected chi connectivity index (χ1v) is 4.51. The van der Waals surface area contributed by atoms with Gasteiger partial charge in [-0.3, -0.25) is 9.35 Å². The summed E-state index contributed by atoms with van der Waals surface area (Å²) in [6, 6.07) is 5.42. The molecule has 0 atom stereocenters. The van der Waals surface area contributed by atoms with Crippen LogP contribution in [-0.4, -0.2) is 54.3 Å². The van der Waals surface area contributed by atoms with Crippen molar-refractivity contribution >= 4 is 46.0 Å². The molecule has 5 nitrogen and oxygen atoms in total. The van der Waals surface area contributed by atoms with Crippen LogP contribution in [0.15, 0.2) is 29.2 Å². The molecule has 74 valence electrons. The van der Waals surface area contributed by atoms with Gasteiger partial charge in [-0.2, -0.15) is 8.42 Å². The Labute approximate surface area is 103 Å². The van der Waals surface area contributed by atoms with E-state index in [9.17, 15) is 13.2 Å². The van der Waals surface area contributed by atoms with Crippen molar-refractivity contribution in [2.75, 3.05) is 0 Å². The Kier molecular flexibility index (Phi) is 7.27. The van der Waals surface area contributed by atoms with E-state index in [-0.39, 0.29) is 45.5 Å². The zero-order chi connectivity index (χ0) is 9.19. The maximum atomic E-state index is 10.6. The molecule has 0 saturated carbocycles. The summed E-state index contributed by atoms with van der Waals surface area (Å²) in [6.07, 6.45) is 0.378. The third-order valence-electron chi connectivity index (χ3n) is 1.32. The molecule has 14 heavy (non-hydrogen) atoms. The number of hydrogen-bond acceptors (Lipinski definition) is 3. The van der Waals surface area contributed by atoms with E-state index in [1.807, 2.05) is 0 Å². The van der Waals surface area contributed by atoms with E-state index in [1.165, 1.54) is 24.3 Å². The van der Waals surface area contributed by atoms with Gasteiger partial charge in [0.25, 0.3) is 10.1 Å². The Morgan fingerprint density at radius 3 is 2.07 bits per heavy atom. The van der Waals surface area contributed by atoms with Crippen LogP contribution in [0.5, 0.6) is 0 Å². The summed E-state index contributed by atoms with van der Waals surface area (Å²) in [6.45, 7) is 0. The van der Waals surface area contributed by atoms with E-state index < -0.39 is 10.1 Å². The molecule has 1 rings (SSSR count). The van der Waals surface area contributed by atoms with Crippen LogP contribution < -0.4 is 0 Å². The maximum absolute atomic E-state index is 10.6. The summed E-state index contributed by atoms with van der Waals surface area (Å²) >= 11 is 0. The van der Waals surface area contributed by atoms with Crippen molar-refractivity contribution in [3.8, 4) is 0 Å². The van der Waals surface area contributed by atoms with E-state index in [0.29, 0.717) is 6.29 Å². The van der Waals surface area contributed by atoms with Crippen molar-refractivity contribution in [2.24, 2.45) is 0 Å². The van der Waals surface area contributed by atoms with Gasteiger partial charge in [-0.05, 0) is 6.07 Å². The Bertz CT molecular complexity index is 400. The summed E-state index contributed by atoms with van der Waals surface area (Å²) < 4.78 is 29.8. The van der Waals surface area contributed by atoms with E-state index in [4.69, 9.17) is 4.55 Å². The predicted octanol–water partition coefficient (Wildman–Crippen LogP) is -0.727. The minimum atomic E-state index is -4.28. The normalized spacial score (nSPS) is 9.50. The molecule has 3 N–H and O–H groups in total. The Balaban J connectivity index is 0. The van der Waals surface area contributed by atoms with Crippen LogP contribution in [0, 0.1) is 0 Å². The molecule has 0 aromatic heterocycles. The zero-order valence-electron chi connectivity index (χ0n) is 6.47. The molecule has 0 unspecified atom stereocenters.